The van der Waals surface area contributed by atoms with E-state index >= 15 is 0 Å². The van der Waals surface area contributed by atoms with Crippen LogP contribution in [-0.2, 0) is 11.2 Å². The number of hydrogen-bond acceptors (Lipinski definition) is 3. The number of carbonyl (C=O) groups is 1. The summed E-state index contributed by atoms with van der Waals surface area (Å²) in [5.74, 6) is 0.890. The fourth-order valence-corrected chi connectivity index (χ4v) is 2.85. The van der Waals surface area contributed by atoms with Gasteiger partial charge in [0.25, 0.3) is 0 Å². The molecule has 0 aromatic heterocycles. The smallest absolute Gasteiger partial charge is 0.227 e. The van der Waals surface area contributed by atoms with E-state index in [0.29, 0.717) is 6.42 Å². The fourth-order valence-electron chi connectivity index (χ4n) is 2.68. The number of likely N-dealkylation sites (N-methyl/N-ethyl adjacent to an activating group) is 1. The number of carbonyl (C=O) groups excluding carboxylic acids is 1. The highest BCUT2D eigenvalue weighted by Gasteiger charge is 2.22. The number of benzene rings is 1. The molecule has 0 radical (unpaired) electrons. The molecule has 0 N–H and O–H groups in total. The predicted octanol–water partition coefficient (Wildman–Crippen LogP) is 2.28. The lowest BCUT2D eigenvalue weighted by atomic mass is 10.0. The van der Waals surface area contributed by atoms with Crippen molar-refractivity contribution in [3.8, 4) is 5.75 Å². The Kier molecular flexibility index (Phi) is 5.12. The number of piperazine rings is 1. The molecule has 0 bridgehead atoms. The third-order valence-corrected chi connectivity index (χ3v) is 4.76. The van der Waals surface area contributed by atoms with Crippen molar-refractivity contribution >= 4 is 17.5 Å². The Bertz CT molecular complexity index is 538. The van der Waals surface area contributed by atoms with Crippen molar-refractivity contribution in [2.75, 3.05) is 40.3 Å². The summed E-state index contributed by atoms with van der Waals surface area (Å²) < 4.78 is 5.43. The van der Waals surface area contributed by atoms with Crippen molar-refractivity contribution in [2.24, 2.45) is 0 Å². The standard InChI is InChI=1S/C16H23ClN2O2/c1-11-9-14(21-4)13(12(2)16(11)17)10-15(20)19-7-5-18(3)6-8-19/h9H,5-8,10H2,1-4H3. The maximum Gasteiger partial charge on any atom is 0.227 e. The number of hydrogen-bond donors (Lipinski definition) is 0. The summed E-state index contributed by atoms with van der Waals surface area (Å²) in [6.45, 7) is 7.33. The first kappa shape index (κ1) is 16.1. The average Bonchev–Trinajstić information content (AvgIpc) is 2.48. The highest BCUT2D eigenvalue weighted by Crippen LogP contribution is 2.32. The second-order valence-corrected chi connectivity index (χ2v) is 6.05. The maximum absolute atomic E-state index is 12.5. The van der Waals surface area contributed by atoms with Crippen LogP contribution in [0.3, 0.4) is 0 Å². The minimum absolute atomic E-state index is 0.143. The van der Waals surface area contributed by atoms with E-state index in [9.17, 15) is 4.79 Å². The van der Waals surface area contributed by atoms with Gasteiger partial charge in [0.2, 0.25) is 5.91 Å². The normalized spacial score (nSPS) is 16.1. The Morgan fingerprint density at radius 1 is 1.29 bits per heavy atom. The lowest BCUT2D eigenvalue weighted by Gasteiger charge is -2.32. The van der Waals surface area contributed by atoms with Gasteiger partial charge in [0.1, 0.15) is 5.75 Å². The number of nitrogens with zero attached hydrogens (tertiary/aromatic N) is 2. The third-order valence-electron chi connectivity index (χ3n) is 4.18. The van der Waals surface area contributed by atoms with E-state index in [4.69, 9.17) is 16.3 Å². The number of ether oxygens (including phenoxy) is 1. The van der Waals surface area contributed by atoms with Crippen molar-refractivity contribution in [2.45, 2.75) is 20.3 Å². The Labute approximate surface area is 131 Å². The van der Waals surface area contributed by atoms with E-state index < -0.39 is 0 Å². The van der Waals surface area contributed by atoms with Gasteiger partial charge in [0.15, 0.2) is 0 Å². The van der Waals surface area contributed by atoms with Gasteiger partial charge in [0, 0.05) is 36.8 Å². The van der Waals surface area contributed by atoms with Crippen molar-refractivity contribution in [3.05, 3.63) is 27.8 Å². The van der Waals surface area contributed by atoms with Crippen LogP contribution >= 0.6 is 11.6 Å². The minimum Gasteiger partial charge on any atom is -0.496 e. The van der Waals surface area contributed by atoms with Crippen LogP contribution in [0.1, 0.15) is 16.7 Å². The molecule has 1 aromatic carbocycles. The van der Waals surface area contributed by atoms with Crippen LogP contribution in [0.4, 0.5) is 0 Å². The fraction of sp³-hybridized carbons (Fsp3) is 0.562. The molecule has 1 saturated heterocycles. The van der Waals surface area contributed by atoms with Crippen LogP contribution in [0.5, 0.6) is 5.75 Å². The molecule has 0 aliphatic carbocycles. The summed E-state index contributed by atoms with van der Waals surface area (Å²) in [6.07, 6.45) is 0.346. The van der Waals surface area contributed by atoms with Crippen LogP contribution < -0.4 is 4.74 Å². The monoisotopic (exact) mass is 310 g/mol. The molecule has 21 heavy (non-hydrogen) atoms. The van der Waals surface area contributed by atoms with Crippen LogP contribution in [0.15, 0.2) is 6.07 Å². The molecule has 1 aromatic rings. The van der Waals surface area contributed by atoms with E-state index in [1.54, 1.807) is 7.11 Å². The van der Waals surface area contributed by atoms with Crippen LogP contribution in [-0.4, -0.2) is 56.0 Å². The first-order valence-corrected chi connectivity index (χ1v) is 7.60. The van der Waals surface area contributed by atoms with Gasteiger partial charge in [-0.3, -0.25) is 4.79 Å². The molecular formula is C16H23ClN2O2. The van der Waals surface area contributed by atoms with Gasteiger partial charge in [-0.05, 0) is 38.1 Å². The van der Waals surface area contributed by atoms with Crippen molar-refractivity contribution < 1.29 is 9.53 Å². The third kappa shape index (κ3) is 3.50. The second-order valence-electron chi connectivity index (χ2n) is 5.67. The summed E-state index contributed by atoms with van der Waals surface area (Å²) >= 11 is 6.31. The van der Waals surface area contributed by atoms with E-state index in [1.165, 1.54) is 0 Å². The van der Waals surface area contributed by atoms with Crippen molar-refractivity contribution in [1.29, 1.82) is 0 Å². The van der Waals surface area contributed by atoms with Crippen molar-refractivity contribution in [1.82, 2.24) is 9.80 Å². The Morgan fingerprint density at radius 3 is 2.48 bits per heavy atom. The zero-order chi connectivity index (χ0) is 15.6. The van der Waals surface area contributed by atoms with E-state index in [2.05, 4.69) is 11.9 Å². The van der Waals surface area contributed by atoms with Gasteiger partial charge in [0.05, 0.1) is 13.5 Å². The predicted molar refractivity (Wildman–Crippen MR) is 85.3 cm³/mol. The minimum atomic E-state index is 0.143. The van der Waals surface area contributed by atoms with Gasteiger partial charge in [-0.2, -0.15) is 0 Å². The largest absolute Gasteiger partial charge is 0.496 e. The lowest BCUT2D eigenvalue weighted by Crippen LogP contribution is -2.47. The SMILES string of the molecule is COc1cc(C)c(Cl)c(C)c1CC(=O)N1CCN(C)CC1. The summed E-state index contributed by atoms with van der Waals surface area (Å²) in [5.41, 5.74) is 2.81. The average molecular weight is 311 g/mol. The number of aryl methyl sites for hydroxylation is 1. The maximum atomic E-state index is 12.5. The van der Waals surface area contributed by atoms with Gasteiger partial charge >= 0.3 is 0 Å². The van der Waals surface area contributed by atoms with Crippen molar-refractivity contribution in [3.63, 3.8) is 0 Å². The summed E-state index contributed by atoms with van der Waals surface area (Å²) in [4.78, 5) is 16.7. The van der Waals surface area contributed by atoms with Crippen LogP contribution in [0.2, 0.25) is 5.02 Å². The molecular weight excluding hydrogens is 288 g/mol. The molecule has 1 aliphatic heterocycles. The lowest BCUT2D eigenvalue weighted by molar-refractivity contribution is -0.132. The number of methoxy groups -OCH3 is 1. The summed E-state index contributed by atoms with van der Waals surface area (Å²) in [7, 11) is 3.71. The van der Waals surface area contributed by atoms with E-state index in [0.717, 1.165) is 53.6 Å². The molecule has 1 heterocycles. The van der Waals surface area contributed by atoms with E-state index in [1.807, 2.05) is 24.8 Å². The van der Waals surface area contributed by atoms with Gasteiger partial charge in [-0.15, -0.1) is 0 Å². The Balaban J connectivity index is 2.19. The molecule has 1 aliphatic rings. The highest BCUT2D eigenvalue weighted by atomic mass is 35.5. The highest BCUT2D eigenvalue weighted by molar-refractivity contribution is 6.32. The number of halogens is 1. The topological polar surface area (TPSA) is 32.8 Å². The molecule has 1 fully saturated rings. The van der Waals surface area contributed by atoms with Crippen LogP contribution in [0, 0.1) is 13.8 Å². The first-order chi connectivity index (χ1) is 9.93. The van der Waals surface area contributed by atoms with Gasteiger partial charge < -0.3 is 14.5 Å². The second kappa shape index (κ2) is 6.67. The molecule has 2 rings (SSSR count). The molecule has 1 amide bonds. The van der Waals surface area contributed by atoms with Gasteiger partial charge in [-0.25, -0.2) is 0 Å². The molecule has 0 spiro atoms. The van der Waals surface area contributed by atoms with Crippen LogP contribution in [0.25, 0.3) is 0 Å². The first-order valence-electron chi connectivity index (χ1n) is 7.23. The molecule has 5 heteroatoms. The van der Waals surface area contributed by atoms with E-state index in [-0.39, 0.29) is 5.91 Å². The molecule has 4 nitrogen and oxygen atoms in total. The Morgan fingerprint density at radius 2 is 1.90 bits per heavy atom. The molecule has 116 valence electrons. The number of rotatable bonds is 3. The zero-order valence-corrected chi connectivity index (χ0v) is 14.0. The zero-order valence-electron chi connectivity index (χ0n) is 13.2. The Hall–Kier alpha value is -1.26. The molecule has 0 unspecified atom stereocenters. The molecule has 0 saturated carbocycles. The van der Waals surface area contributed by atoms with Gasteiger partial charge in [-0.1, -0.05) is 11.6 Å². The quantitative estimate of drug-likeness (QED) is 0.858. The summed E-state index contributed by atoms with van der Waals surface area (Å²) in [6, 6.07) is 1.90. The number of amides is 1. The summed E-state index contributed by atoms with van der Waals surface area (Å²) in [5, 5.41) is 0.719. The molecule has 0 atom stereocenters.